The maximum Gasteiger partial charge on any atom is 0.134 e. The van der Waals surface area contributed by atoms with Crippen LogP contribution in [0.3, 0.4) is 0 Å². The van der Waals surface area contributed by atoms with Gasteiger partial charge in [0.2, 0.25) is 0 Å². The number of rotatable bonds is 5. The molecule has 0 aliphatic heterocycles. The highest BCUT2D eigenvalue weighted by molar-refractivity contribution is 5.49. The van der Waals surface area contributed by atoms with Crippen molar-refractivity contribution < 1.29 is 0 Å². The fourth-order valence-electron chi connectivity index (χ4n) is 1.88. The van der Waals surface area contributed by atoms with Crippen molar-refractivity contribution in [3.63, 3.8) is 0 Å². The fraction of sp³-hybridized carbons (Fsp3) is 0.667. The zero-order valence-corrected chi connectivity index (χ0v) is 10.9. The molecule has 0 saturated carbocycles. The minimum absolute atomic E-state index is 0.541. The average Bonchev–Trinajstić information content (AvgIpc) is 2.29. The lowest BCUT2D eigenvalue weighted by atomic mass is 10.1. The lowest BCUT2D eigenvalue weighted by molar-refractivity contribution is 0.586. The van der Waals surface area contributed by atoms with Crippen LogP contribution in [-0.4, -0.2) is 30.1 Å². The van der Waals surface area contributed by atoms with Gasteiger partial charge < -0.3 is 10.2 Å². The van der Waals surface area contributed by atoms with Crippen molar-refractivity contribution in [1.29, 1.82) is 0 Å². The van der Waals surface area contributed by atoms with Crippen LogP contribution in [0.15, 0.2) is 6.07 Å². The smallest absolute Gasteiger partial charge is 0.134 e. The summed E-state index contributed by atoms with van der Waals surface area (Å²) in [5.74, 6) is 2.67. The SMILES string of the molecule is CCC(CC)N(C)c1cc(NC)nc(C)n1. The highest BCUT2D eigenvalue weighted by atomic mass is 15.2. The molecule has 1 rings (SSSR count). The van der Waals surface area contributed by atoms with E-state index in [1.165, 1.54) is 0 Å². The van der Waals surface area contributed by atoms with Crippen molar-refractivity contribution >= 4 is 11.6 Å². The number of hydrogen-bond acceptors (Lipinski definition) is 4. The first-order valence-electron chi connectivity index (χ1n) is 5.88. The van der Waals surface area contributed by atoms with Gasteiger partial charge >= 0.3 is 0 Å². The molecule has 0 fully saturated rings. The molecule has 0 atom stereocenters. The second kappa shape index (κ2) is 5.68. The average molecular weight is 222 g/mol. The Morgan fingerprint density at radius 3 is 2.44 bits per heavy atom. The van der Waals surface area contributed by atoms with E-state index in [4.69, 9.17) is 0 Å². The third-order valence-corrected chi connectivity index (χ3v) is 2.93. The second-order valence-corrected chi connectivity index (χ2v) is 3.99. The predicted octanol–water partition coefficient (Wildman–Crippen LogP) is 2.45. The van der Waals surface area contributed by atoms with Gasteiger partial charge in [0.25, 0.3) is 0 Å². The molecule has 4 heteroatoms. The van der Waals surface area contributed by atoms with E-state index >= 15 is 0 Å². The molecule has 90 valence electrons. The van der Waals surface area contributed by atoms with Crippen LogP contribution < -0.4 is 10.2 Å². The van der Waals surface area contributed by atoms with Crippen LogP contribution in [0.2, 0.25) is 0 Å². The van der Waals surface area contributed by atoms with Gasteiger partial charge in [0.1, 0.15) is 17.5 Å². The van der Waals surface area contributed by atoms with Gasteiger partial charge in [0.05, 0.1) is 0 Å². The van der Waals surface area contributed by atoms with E-state index in [-0.39, 0.29) is 0 Å². The van der Waals surface area contributed by atoms with Crippen LogP contribution >= 0.6 is 0 Å². The molecular formula is C12H22N4. The fourth-order valence-corrected chi connectivity index (χ4v) is 1.88. The van der Waals surface area contributed by atoms with E-state index in [2.05, 4.69) is 41.1 Å². The Morgan fingerprint density at radius 2 is 1.94 bits per heavy atom. The summed E-state index contributed by atoms with van der Waals surface area (Å²) < 4.78 is 0. The van der Waals surface area contributed by atoms with Gasteiger partial charge in [-0.1, -0.05) is 13.8 Å². The molecule has 4 nitrogen and oxygen atoms in total. The van der Waals surface area contributed by atoms with E-state index in [9.17, 15) is 0 Å². The van der Waals surface area contributed by atoms with Gasteiger partial charge in [-0.25, -0.2) is 9.97 Å². The lowest BCUT2D eigenvalue weighted by Crippen LogP contribution is -2.31. The van der Waals surface area contributed by atoms with Crippen molar-refractivity contribution in [1.82, 2.24) is 9.97 Å². The second-order valence-electron chi connectivity index (χ2n) is 3.99. The molecule has 1 N–H and O–H groups in total. The zero-order valence-electron chi connectivity index (χ0n) is 10.9. The Hall–Kier alpha value is -1.32. The van der Waals surface area contributed by atoms with E-state index in [1.807, 2.05) is 20.0 Å². The first-order valence-corrected chi connectivity index (χ1v) is 5.88. The summed E-state index contributed by atoms with van der Waals surface area (Å²) in [7, 11) is 3.97. The number of nitrogens with zero attached hydrogens (tertiary/aromatic N) is 3. The van der Waals surface area contributed by atoms with Crippen LogP contribution in [0.25, 0.3) is 0 Å². The summed E-state index contributed by atoms with van der Waals surface area (Å²) in [6, 6.07) is 2.53. The Labute approximate surface area is 98.1 Å². The Bertz CT molecular complexity index is 334. The van der Waals surface area contributed by atoms with Crippen molar-refractivity contribution in [2.75, 3.05) is 24.3 Å². The van der Waals surface area contributed by atoms with Crippen LogP contribution in [0.4, 0.5) is 11.6 Å². The van der Waals surface area contributed by atoms with E-state index < -0.39 is 0 Å². The third kappa shape index (κ3) is 2.84. The zero-order chi connectivity index (χ0) is 12.1. The molecule has 16 heavy (non-hydrogen) atoms. The van der Waals surface area contributed by atoms with Crippen molar-refractivity contribution in [3.8, 4) is 0 Å². The van der Waals surface area contributed by atoms with Crippen LogP contribution in [-0.2, 0) is 0 Å². The third-order valence-electron chi connectivity index (χ3n) is 2.93. The minimum Gasteiger partial charge on any atom is -0.373 e. The Morgan fingerprint density at radius 1 is 1.31 bits per heavy atom. The predicted molar refractivity (Wildman–Crippen MR) is 69.1 cm³/mol. The summed E-state index contributed by atoms with van der Waals surface area (Å²) in [6.45, 7) is 6.33. The van der Waals surface area contributed by atoms with Gasteiger partial charge in [-0.2, -0.15) is 0 Å². The summed E-state index contributed by atoms with van der Waals surface area (Å²) in [6.07, 6.45) is 2.26. The van der Waals surface area contributed by atoms with Crippen molar-refractivity contribution in [3.05, 3.63) is 11.9 Å². The Kier molecular flexibility index (Phi) is 4.52. The van der Waals surface area contributed by atoms with E-state index in [1.54, 1.807) is 0 Å². The molecule has 0 spiro atoms. The highest BCUT2D eigenvalue weighted by Gasteiger charge is 2.13. The van der Waals surface area contributed by atoms with Gasteiger partial charge in [-0.05, 0) is 19.8 Å². The number of nitrogens with one attached hydrogen (secondary N) is 1. The summed E-state index contributed by atoms with van der Waals surface area (Å²) >= 11 is 0. The standard InChI is InChI=1S/C12H22N4/c1-6-10(7-2)16(5)12-8-11(13-4)14-9(3)15-12/h8,10H,6-7H2,1-5H3,(H,13,14,15). The summed E-state index contributed by atoms with van der Waals surface area (Å²) in [5, 5.41) is 3.06. The molecule has 0 amide bonds. The Balaban J connectivity index is 2.97. The number of aromatic nitrogens is 2. The minimum atomic E-state index is 0.541. The molecule has 1 aromatic heterocycles. The van der Waals surface area contributed by atoms with Crippen molar-refractivity contribution in [2.24, 2.45) is 0 Å². The van der Waals surface area contributed by atoms with Crippen LogP contribution in [0.5, 0.6) is 0 Å². The highest BCUT2D eigenvalue weighted by Crippen LogP contribution is 2.18. The molecule has 0 saturated heterocycles. The maximum atomic E-state index is 4.47. The molecule has 0 unspecified atom stereocenters. The number of anilines is 2. The van der Waals surface area contributed by atoms with E-state index in [0.29, 0.717) is 6.04 Å². The first-order chi connectivity index (χ1) is 7.62. The number of aryl methyl sites for hydroxylation is 1. The van der Waals surface area contributed by atoms with Gasteiger partial charge in [-0.3, -0.25) is 0 Å². The molecule has 0 bridgehead atoms. The molecule has 1 aromatic rings. The van der Waals surface area contributed by atoms with Gasteiger partial charge in [-0.15, -0.1) is 0 Å². The van der Waals surface area contributed by atoms with Crippen LogP contribution in [0, 0.1) is 6.92 Å². The molecule has 0 aliphatic carbocycles. The van der Waals surface area contributed by atoms with E-state index in [0.717, 1.165) is 30.3 Å². The van der Waals surface area contributed by atoms with Gasteiger partial charge in [0.15, 0.2) is 0 Å². The lowest BCUT2D eigenvalue weighted by Gasteiger charge is -2.27. The van der Waals surface area contributed by atoms with Gasteiger partial charge in [0, 0.05) is 26.2 Å². The summed E-state index contributed by atoms with van der Waals surface area (Å²) in [4.78, 5) is 11.0. The molecule has 0 radical (unpaired) electrons. The maximum absolute atomic E-state index is 4.47. The summed E-state index contributed by atoms with van der Waals surface area (Å²) in [5.41, 5.74) is 0. The normalized spacial score (nSPS) is 10.6. The van der Waals surface area contributed by atoms with Crippen LogP contribution in [0.1, 0.15) is 32.5 Å². The molecule has 1 heterocycles. The first kappa shape index (κ1) is 12.7. The molecule has 0 aromatic carbocycles. The topological polar surface area (TPSA) is 41.0 Å². The quantitative estimate of drug-likeness (QED) is 0.831. The molecular weight excluding hydrogens is 200 g/mol. The number of hydrogen-bond donors (Lipinski definition) is 1. The largest absolute Gasteiger partial charge is 0.373 e. The molecule has 0 aliphatic rings. The monoisotopic (exact) mass is 222 g/mol. The van der Waals surface area contributed by atoms with Crippen molar-refractivity contribution in [2.45, 2.75) is 39.7 Å².